The Balaban J connectivity index is 3.61. The molecule has 0 saturated carbocycles. The number of hydrogen-bond donors (Lipinski definition) is 1. The fourth-order valence-corrected chi connectivity index (χ4v) is 14.2. The number of aliphatic hydroxyl groups is 1. The Labute approximate surface area is 201 Å². The lowest BCUT2D eigenvalue weighted by Crippen LogP contribution is -2.35. The molecule has 0 radical (unpaired) electrons. The normalized spacial score (nSPS) is 12.0. The highest BCUT2D eigenvalue weighted by Crippen LogP contribution is 2.29. The van der Waals surface area contributed by atoms with Crippen molar-refractivity contribution in [2.75, 3.05) is 0 Å². The van der Waals surface area contributed by atoms with Crippen LogP contribution >= 0.6 is 0 Å². The molecule has 1 rings (SSSR count). The Bertz CT molecular complexity index is 685. The highest BCUT2D eigenvalue weighted by molar-refractivity contribution is 6.87. The number of benzene rings is 1. The summed E-state index contributed by atoms with van der Waals surface area (Å²) in [6.07, 6.45) is 7.06. The van der Waals surface area contributed by atoms with Gasteiger partial charge in [0.2, 0.25) is 5.60 Å². The van der Waals surface area contributed by atoms with Crippen LogP contribution in [0.15, 0.2) is 30.3 Å². The molecule has 1 aromatic rings. The first kappa shape index (κ1) is 28.8. The molecule has 0 unspecified atom stereocenters. The quantitative estimate of drug-likeness (QED) is 0.228. The van der Waals surface area contributed by atoms with Crippen LogP contribution in [0.25, 0.3) is 0 Å². The minimum atomic E-state index is -1.74. The molecular formula is C29H48OSi2. The van der Waals surface area contributed by atoms with Gasteiger partial charge in [0.05, 0.1) is 0 Å². The minimum absolute atomic E-state index is 0.833. The topological polar surface area (TPSA) is 20.2 Å². The predicted octanol–water partition coefficient (Wildman–Crippen LogP) is 8.32. The van der Waals surface area contributed by atoms with E-state index in [4.69, 9.17) is 0 Å². The zero-order valence-corrected chi connectivity index (χ0v) is 23.8. The molecule has 0 aliphatic heterocycles. The molecule has 0 bridgehead atoms. The minimum Gasteiger partial charge on any atom is -0.364 e. The van der Waals surface area contributed by atoms with Gasteiger partial charge < -0.3 is 5.11 Å². The molecule has 178 valence electrons. The summed E-state index contributed by atoms with van der Waals surface area (Å²) >= 11 is 0. The van der Waals surface area contributed by atoms with Gasteiger partial charge in [0.15, 0.2) is 0 Å². The smallest absolute Gasteiger partial charge is 0.212 e. The summed E-state index contributed by atoms with van der Waals surface area (Å²) in [5.41, 5.74) is 6.99. The van der Waals surface area contributed by atoms with Gasteiger partial charge in [0.1, 0.15) is 16.1 Å². The van der Waals surface area contributed by atoms with E-state index in [0.29, 0.717) is 0 Å². The summed E-state index contributed by atoms with van der Waals surface area (Å²) in [5, 5.41) is 11.9. The van der Waals surface area contributed by atoms with Crippen molar-refractivity contribution in [2.24, 2.45) is 0 Å². The molecule has 0 aliphatic carbocycles. The summed E-state index contributed by atoms with van der Waals surface area (Å²) in [5.74, 6) is 6.85. The van der Waals surface area contributed by atoms with E-state index >= 15 is 0 Å². The van der Waals surface area contributed by atoms with Gasteiger partial charge in [-0.2, -0.15) is 0 Å². The van der Waals surface area contributed by atoms with Gasteiger partial charge in [0.25, 0.3) is 0 Å². The van der Waals surface area contributed by atoms with Crippen LogP contribution in [-0.4, -0.2) is 21.3 Å². The van der Waals surface area contributed by atoms with Gasteiger partial charge in [-0.15, -0.1) is 11.1 Å². The Kier molecular flexibility index (Phi) is 13.3. The standard InChI is InChI=1S/C29H48OSi2/c1-7-20-31(21-8-2,22-9-3)26-18-29(30,28-16-14-13-15-17-28)19-27-32(23-10-4,24-11-5)25-12-6/h13-17,30H,7-12,20-25H2,1-6H3. The average Bonchev–Trinajstić information content (AvgIpc) is 2.78. The molecule has 3 heteroatoms. The third kappa shape index (κ3) is 8.59. The lowest BCUT2D eigenvalue weighted by Gasteiger charge is -2.27. The van der Waals surface area contributed by atoms with Crippen molar-refractivity contribution in [2.45, 2.75) is 122 Å². The third-order valence-corrected chi connectivity index (χ3v) is 16.6. The summed E-state index contributed by atoms with van der Waals surface area (Å²) in [6, 6.07) is 17.3. The van der Waals surface area contributed by atoms with E-state index in [2.05, 4.69) is 64.5 Å². The summed E-state index contributed by atoms with van der Waals surface area (Å²) in [7, 11) is -3.47. The van der Waals surface area contributed by atoms with Crippen LogP contribution in [-0.2, 0) is 5.60 Å². The molecule has 32 heavy (non-hydrogen) atoms. The largest absolute Gasteiger partial charge is 0.364 e. The predicted molar refractivity (Wildman–Crippen MR) is 148 cm³/mol. The zero-order valence-electron chi connectivity index (χ0n) is 21.8. The molecule has 1 aromatic carbocycles. The van der Waals surface area contributed by atoms with E-state index in [1.54, 1.807) is 0 Å². The van der Waals surface area contributed by atoms with Crippen molar-refractivity contribution in [3.8, 4) is 22.9 Å². The van der Waals surface area contributed by atoms with Crippen molar-refractivity contribution < 1.29 is 5.11 Å². The van der Waals surface area contributed by atoms with E-state index in [1.807, 2.05) is 30.3 Å². The van der Waals surface area contributed by atoms with Gasteiger partial charge in [-0.25, -0.2) is 0 Å². The van der Waals surface area contributed by atoms with Gasteiger partial charge in [-0.1, -0.05) is 122 Å². The van der Waals surface area contributed by atoms with E-state index < -0.39 is 21.7 Å². The maximum Gasteiger partial charge on any atom is 0.212 e. The monoisotopic (exact) mass is 468 g/mol. The molecule has 0 spiro atoms. The molecule has 0 atom stereocenters. The Morgan fingerprint density at radius 1 is 0.594 bits per heavy atom. The third-order valence-electron chi connectivity index (χ3n) is 6.58. The van der Waals surface area contributed by atoms with Crippen LogP contribution in [0.2, 0.25) is 36.3 Å². The van der Waals surface area contributed by atoms with Gasteiger partial charge in [0, 0.05) is 5.56 Å². The van der Waals surface area contributed by atoms with E-state index in [1.165, 1.54) is 74.8 Å². The highest BCUT2D eigenvalue weighted by atomic mass is 28.3. The maximum absolute atomic E-state index is 11.9. The molecule has 0 heterocycles. The van der Waals surface area contributed by atoms with Crippen LogP contribution in [0.1, 0.15) is 85.6 Å². The zero-order chi connectivity index (χ0) is 23.9. The molecule has 0 aliphatic rings. The van der Waals surface area contributed by atoms with Crippen molar-refractivity contribution in [1.82, 2.24) is 0 Å². The van der Waals surface area contributed by atoms with E-state index in [9.17, 15) is 5.11 Å². The van der Waals surface area contributed by atoms with Gasteiger partial charge in [-0.05, 0) is 36.3 Å². The van der Waals surface area contributed by atoms with Crippen LogP contribution < -0.4 is 0 Å². The first-order valence-corrected chi connectivity index (χ1v) is 18.5. The van der Waals surface area contributed by atoms with Gasteiger partial charge >= 0.3 is 0 Å². The molecule has 0 amide bonds. The fraction of sp³-hybridized carbons (Fsp3) is 0.655. The fourth-order valence-electron chi connectivity index (χ4n) is 5.30. The first-order chi connectivity index (χ1) is 15.4. The molecule has 1 nitrogen and oxygen atoms in total. The summed E-state index contributed by atoms with van der Waals surface area (Å²) in [6.45, 7) is 13.7. The van der Waals surface area contributed by atoms with Crippen molar-refractivity contribution in [3.63, 3.8) is 0 Å². The van der Waals surface area contributed by atoms with Crippen LogP contribution in [0.4, 0.5) is 0 Å². The second kappa shape index (κ2) is 14.8. The summed E-state index contributed by atoms with van der Waals surface area (Å²) < 4.78 is 0. The average molecular weight is 469 g/mol. The lowest BCUT2D eigenvalue weighted by molar-refractivity contribution is 0.165. The second-order valence-electron chi connectivity index (χ2n) is 9.64. The Morgan fingerprint density at radius 2 is 0.906 bits per heavy atom. The lowest BCUT2D eigenvalue weighted by atomic mass is 9.96. The van der Waals surface area contributed by atoms with Gasteiger partial charge in [-0.3, -0.25) is 0 Å². The van der Waals surface area contributed by atoms with Crippen molar-refractivity contribution in [3.05, 3.63) is 35.9 Å². The number of hydrogen-bond acceptors (Lipinski definition) is 1. The maximum atomic E-state index is 11.9. The molecule has 1 N–H and O–H groups in total. The number of rotatable bonds is 13. The van der Waals surface area contributed by atoms with E-state index in [-0.39, 0.29) is 0 Å². The first-order valence-electron chi connectivity index (χ1n) is 13.2. The second-order valence-corrected chi connectivity index (χ2v) is 18.3. The van der Waals surface area contributed by atoms with Crippen molar-refractivity contribution >= 4 is 16.1 Å². The Morgan fingerprint density at radius 3 is 1.19 bits per heavy atom. The Hall–Kier alpha value is -1.27. The van der Waals surface area contributed by atoms with Crippen LogP contribution in [0, 0.1) is 22.9 Å². The molecule has 0 fully saturated rings. The molecule has 0 aromatic heterocycles. The SMILES string of the molecule is CCC[Si](C#CC(O)(C#C[Si](CCC)(CCC)CCC)c1ccccc1)(CCC)CCC. The summed E-state index contributed by atoms with van der Waals surface area (Å²) in [4.78, 5) is 0. The highest BCUT2D eigenvalue weighted by Gasteiger charge is 2.33. The van der Waals surface area contributed by atoms with Crippen LogP contribution in [0.3, 0.4) is 0 Å². The van der Waals surface area contributed by atoms with Crippen molar-refractivity contribution in [1.29, 1.82) is 0 Å². The van der Waals surface area contributed by atoms with E-state index in [0.717, 1.165) is 5.56 Å². The molecule has 0 saturated heterocycles. The van der Waals surface area contributed by atoms with Crippen LogP contribution in [0.5, 0.6) is 0 Å². The molecular weight excluding hydrogens is 420 g/mol.